The zero-order chi connectivity index (χ0) is 16.0. The molecular weight excluding hydrogens is 296 g/mol. The maximum Gasteiger partial charge on any atom is 0.249 e. The summed E-state index contributed by atoms with van der Waals surface area (Å²) in [4.78, 5) is 45.0. The smallest absolute Gasteiger partial charge is 0.249 e. The maximum atomic E-state index is 12.8. The van der Waals surface area contributed by atoms with Crippen molar-refractivity contribution in [2.75, 3.05) is 0 Å². The van der Waals surface area contributed by atoms with Crippen LogP contribution in [0.1, 0.15) is 24.8 Å². The van der Waals surface area contributed by atoms with Gasteiger partial charge >= 0.3 is 0 Å². The number of carbonyl (C=O) groups is 3. The third kappa shape index (κ3) is 2.48. The minimum absolute atomic E-state index is 0.0660. The summed E-state index contributed by atoms with van der Waals surface area (Å²) in [6, 6.07) is 3.15. The predicted molar refractivity (Wildman–Crippen MR) is 81.2 cm³/mol. The van der Waals surface area contributed by atoms with Gasteiger partial charge < -0.3 is 9.88 Å². The maximum absolute atomic E-state index is 12.8. The summed E-state index contributed by atoms with van der Waals surface area (Å²) in [5.41, 5.74) is 1.59. The lowest BCUT2D eigenvalue weighted by Crippen LogP contribution is -2.46. The van der Waals surface area contributed by atoms with Crippen molar-refractivity contribution in [2.45, 2.75) is 37.8 Å². The fourth-order valence-corrected chi connectivity index (χ4v) is 3.16. The molecule has 4 rings (SSSR count). The molecule has 7 heteroatoms. The van der Waals surface area contributed by atoms with Gasteiger partial charge in [0.2, 0.25) is 17.7 Å². The van der Waals surface area contributed by atoms with Gasteiger partial charge in [0.15, 0.2) is 0 Å². The summed E-state index contributed by atoms with van der Waals surface area (Å²) in [6.07, 6.45) is 5.50. The number of H-pyrrole nitrogens is 1. The van der Waals surface area contributed by atoms with Gasteiger partial charge in [0, 0.05) is 23.8 Å². The molecule has 2 aromatic rings. The zero-order valence-corrected chi connectivity index (χ0v) is 12.4. The van der Waals surface area contributed by atoms with Crippen LogP contribution in [0.4, 0.5) is 0 Å². The summed E-state index contributed by atoms with van der Waals surface area (Å²) in [5, 5.41) is 3.19. The zero-order valence-electron chi connectivity index (χ0n) is 12.4. The topological polar surface area (TPSA) is 95.2 Å². The number of aromatic amines is 1. The van der Waals surface area contributed by atoms with Gasteiger partial charge in [-0.3, -0.25) is 19.7 Å². The fraction of sp³-hybridized carbons (Fsp3) is 0.375. The molecule has 2 aromatic heterocycles. The second-order valence-electron chi connectivity index (χ2n) is 6.05. The van der Waals surface area contributed by atoms with Crippen LogP contribution in [0.2, 0.25) is 0 Å². The molecule has 1 aliphatic carbocycles. The molecule has 0 spiro atoms. The first-order valence-electron chi connectivity index (χ1n) is 7.69. The molecule has 7 nitrogen and oxygen atoms in total. The van der Waals surface area contributed by atoms with Gasteiger partial charge in [0.05, 0.1) is 12.8 Å². The quantitative estimate of drug-likeness (QED) is 0.804. The number of fused-ring (bicyclic) bond motifs is 1. The van der Waals surface area contributed by atoms with E-state index in [2.05, 4.69) is 15.3 Å². The number of hydrogen-bond donors (Lipinski definition) is 2. The highest BCUT2D eigenvalue weighted by molar-refractivity contribution is 6.07. The fourth-order valence-electron chi connectivity index (χ4n) is 3.16. The second-order valence-corrected chi connectivity index (χ2v) is 6.05. The lowest BCUT2D eigenvalue weighted by Gasteiger charge is -2.26. The molecular formula is C16H16N4O3. The monoisotopic (exact) mass is 312 g/mol. The number of rotatable bonds is 4. The van der Waals surface area contributed by atoms with Gasteiger partial charge in [-0.05, 0) is 30.5 Å². The Balaban J connectivity index is 1.59. The first-order valence-corrected chi connectivity index (χ1v) is 7.69. The van der Waals surface area contributed by atoms with Gasteiger partial charge in [-0.2, -0.15) is 0 Å². The molecule has 1 aliphatic heterocycles. The van der Waals surface area contributed by atoms with E-state index >= 15 is 0 Å². The van der Waals surface area contributed by atoms with Gasteiger partial charge in [-0.25, -0.2) is 4.98 Å². The van der Waals surface area contributed by atoms with Crippen molar-refractivity contribution in [1.82, 2.24) is 20.2 Å². The molecule has 1 atom stereocenters. The molecule has 0 aromatic carbocycles. The lowest BCUT2D eigenvalue weighted by atomic mass is 10.1. The Kier molecular flexibility index (Phi) is 3.14. The number of nitrogens with zero attached hydrogens (tertiary/aromatic N) is 2. The molecule has 1 saturated heterocycles. The first kappa shape index (κ1) is 13.9. The summed E-state index contributed by atoms with van der Waals surface area (Å²) in [7, 11) is 0. The second kappa shape index (κ2) is 5.19. The molecule has 2 aliphatic rings. The largest absolute Gasteiger partial charge is 0.346 e. The Morgan fingerprint density at radius 3 is 2.87 bits per heavy atom. The van der Waals surface area contributed by atoms with Crippen LogP contribution in [0.5, 0.6) is 0 Å². The third-order valence-electron chi connectivity index (χ3n) is 4.39. The van der Waals surface area contributed by atoms with E-state index in [1.54, 1.807) is 17.3 Å². The molecule has 2 N–H and O–H groups in total. The van der Waals surface area contributed by atoms with E-state index in [0.29, 0.717) is 0 Å². The van der Waals surface area contributed by atoms with E-state index in [9.17, 15) is 14.4 Å². The van der Waals surface area contributed by atoms with Crippen molar-refractivity contribution in [2.24, 2.45) is 0 Å². The van der Waals surface area contributed by atoms with Crippen LogP contribution in [-0.2, 0) is 20.8 Å². The number of nitrogens with one attached hydrogen (secondary N) is 2. The van der Waals surface area contributed by atoms with Gasteiger partial charge in [-0.15, -0.1) is 0 Å². The Labute approximate surface area is 132 Å². The van der Waals surface area contributed by atoms with Crippen molar-refractivity contribution in [1.29, 1.82) is 0 Å². The molecule has 3 heterocycles. The van der Waals surface area contributed by atoms with Crippen LogP contribution in [0.25, 0.3) is 11.0 Å². The molecule has 23 heavy (non-hydrogen) atoms. The van der Waals surface area contributed by atoms with E-state index in [1.165, 1.54) is 0 Å². The van der Waals surface area contributed by atoms with Crippen molar-refractivity contribution in [3.05, 3.63) is 30.1 Å². The van der Waals surface area contributed by atoms with Gasteiger partial charge in [-0.1, -0.05) is 0 Å². The van der Waals surface area contributed by atoms with Crippen LogP contribution in [0.3, 0.4) is 0 Å². The van der Waals surface area contributed by atoms with Gasteiger partial charge in [0.1, 0.15) is 11.7 Å². The number of imide groups is 1. The summed E-state index contributed by atoms with van der Waals surface area (Å²) >= 11 is 0. The summed E-state index contributed by atoms with van der Waals surface area (Å²) < 4.78 is 0. The standard InChI is InChI=1S/C16H16N4O3/c21-13-7-12(16(23)19-13)20(10-3-4-10)14(22)6-9-8-18-15-11(9)2-1-5-17-15/h1-2,5,8,10,12H,3-4,6-7H2,(H,17,18)(H,19,21,23)/t12-/m1/s1. The SMILES string of the molecule is O=C1C[C@@H](N(C(=O)Cc2c[nH]c3ncccc23)C2CC2)C(=O)N1. The number of pyridine rings is 1. The first-order chi connectivity index (χ1) is 11.1. The number of hydrogen-bond acceptors (Lipinski definition) is 4. The normalized spacial score (nSPS) is 20.8. The Hall–Kier alpha value is -2.70. The predicted octanol–water partition coefficient (Wildman–Crippen LogP) is 0.511. The van der Waals surface area contributed by atoms with E-state index in [0.717, 1.165) is 29.4 Å². The Morgan fingerprint density at radius 1 is 1.35 bits per heavy atom. The third-order valence-corrected chi connectivity index (χ3v) is 4.39. The minimum atomic E-state index is -0.661. The lowest BCUT2D eigenvalue weighted by molar-refractivity contribution is -0.139. The van der Waals surface area contributed by atoms with Crippen LogP contribution in [-0.4, -0.2) is 44.7 Å². The Morgan fingerprint density at radius 2 is 2.17 bits per heavy atom. The molecule has 0 radical (unpaired) electrons. The molecule has 2 fully saturated rings. The molecule has 0 unspecified atom stereocenters. The highest BCUT2D eigenvalue weighted by atomic mass is 16.2. The number of carbonyl (C=O) groups excluding carboxylic acids is 3. The van der Waals surface area contributed by atoms with Crippen molar-refractivity contribution < 1.29 is 14.4 Å². The molecule has 118 valence electrons. The van der Waals surface area contributed by atoms with Gasteiger partial charge in [0.25, 0.3) is 0 Å². The average molecular weight is 312 g/mol. The van der Waals surface area contributed by atoms with E-state index in [1.807, 2.05) is 12.1 Å². The summed E-state index contributed by atoms with van der Waals surface area (Å²) in [5.74, 6) is -0.794. The van der Waals surface area contributed by atoms with Crippen LogP contribution >= 0.6 is 0 Å². The average Bonchev–Trinajstić information content (AvgIpc) is 3.19. The summed E-state index contributed by atoms with van der Waals surface area (Å²) in [6.45, 7) is 0. The minimum Gasteiger partial charge on any atom is -0.346 e. The molecule has 3 amide bonds. The van der Waals surface area contributed by atoms with E-state index < -0.39 is 6.04 Å². The van der Waals surface area contributed by atoms with Crippen LogP contribution < -0.4 is 5.32 Å². The number of amides is 3. The van der Waals surface area contributed by atoms with E-state index in [4.69, 9.17) is 0 Å². The highest BCUT2D eigenvalue weighted by Crippen LogP contribution is 2.32. The van der Waals surface area contributed by atoms with E-state index in [-0.39, 0.29) is 36.6 Å². The molecule has 0 bridgehead atoms. The van der Waals surface area contributed by atoms with Crippen molar-refractivity contribution in [3.8, 4) is 0 Å². The highest BCUT2D eigenvalue weighted by Gasteiger charge is 2.44. The van der Waals surface area contributed by atoms with Crippen LogP contribution in [0.15, 0.2) is 24.5 Å². The van der Waals surface area contributed by atoms with Crippen molar-refractivity contribution >= 4 is 28.8 Å². The molecule has 1 saturated carbocycles. The Bertz CT molecular complexity index is 809. The number of aromatic nitrogens is 2. The van der Waals surface area contributed by atoms with Crippen molar-refractivity contribution in [3.63, 3.8) is 0 Å². The van der Waals surface area contributed by atoms with Crippen LogP contribution in [0, 0.1) is 0 Å².